The highest BCUT2D eigenvalue weighted by molar-refractivity contribution is 7.99. The normalized spacial score (nSPS) is 15.1. The zero-order chi connectivity index (χ0) is 20.7. The number of thioether (sulfide) groups is 1. The Morgan fingerprint density at radius 2 is 1.97 bits per heavy atom. The molecule has 2 aromatic carbocycles. The van der Waals surface area contributed by atoms with E-state index >= 15 is 0 Å². The number of fused-ring (bicyclic) bond motifs is 2. The highest BCUT2D eigenvalue weighted by Crippen LogP contribution is 2.29. The maximum absolute atomic E-state index is 13.2. The Morgan fingerprint density at radius 1 is 1.10 bits per heavy atom. The zero-order valence-corrected chi connectivity index (χ0v) is 18.3. The van der Waals surface area contributed by atoms with Crippen LogP contribution in [0.3, 0.4) is 0 Å². The number of carbonyl (C=O) groups is 1. The predicted octanol–water partition coefficient (Wildman–Crippen LogP) is 4.54. The third-order valence-electron chi connectivity index (χ3n) is 5.29. The van der Waals surface area contributed by atoms with E-state index in [2.05, 4.69) is 22.3 Å². The van der Waals surface area contributed by atoms with E-state index in [4.69, 9.17) is 27.9 Å². The molecule has 0 saturated carbocycles. The van der Waals surface area contributed by atoms with Crippen LogP contribution < -0.4 is 9.75 Å². The number of aromatic nitrogens is 3. The van der Waals surface area contributed by atoms with Gasteiger partial charge in [-0.1, -0.05) is 41.0 Å². The topological polar surface area (TPSA) is 60.3 Å². The van der Waals surface area contributed by atoms with E-state index in [1.807, 2.05) is 6.07 Å². The number of benzene rings is 2. The summed E-state index contributed by atoms with van der Waals surface area (Å²) < 4.78 is 7.73. The lowest BCUT2D eigenvalue weighted by Crippen LogP contribution is -2.45. The molecule has 3 aromatic rings. The number of ether oxygens (including phenoxy) is 1. The lowest BCUT2D eigenvalue weighted by Gasteiger charge is -2.29. The van der Waals surface area contributed by atoms with Crippen LogP contribution in [-0.2, 0) is 19.4 Å². The van der Waals surface area contributed by atoms with E-state index in [1.54, 1.807) is 39.6 Å². The molecule has 0 bridgehead atoms. The molecular formula is C21H18Cl2N4O2S. The van der Waals surface area contributed by atoms with Gasteiger partial charge in [0.05, 0.1) is 17.1 Å². The minimum atomic E-state index is -0.225. The fourth-order valence-corrected chi connectivity index (χ4v) is 5.18. The monoisotopic (exact) mass is 460 g/mol. The number of rotatable bonds is 4. The molecule has 1 aliphatic heterocycles. The summed E-state index contributed by atoms with van der Waals surface area (Å²) >= 11 is 13.8. The smallest absolute Gasteiger partial charge is 0.274 e. The van der Waals surface area contributed by atoms with Crippen molar-refractivity contribution in [2.24, 2.45) is 0 Å². The van der Waals surface area contributed by atoms with Crippen molar-refractivity contribution >= 4 is 40.9 Å². The van der Waals surface area contributed by atoms with Crippen LogP contribution in [0.2, 0.25) is 10.0 Å². The maximum Gasteiger partial charge on any atom is 0.274 e. The maximum atomic E-state index is 13.2. The highest BCUT2D eigenvalue weighted by atomic mass is 35.5. The van der Waals surface area contributed by atoms with Gasteiger partial charge in [0.2, 0.25) is 5.16 Å². The molecule has 0 unspecified atom stereocenters. The highest BCUT2D eigenvalue weighted by Gasteiger charge is 2.29. The van der Waals surface area contributed by atoms with Crippen LogP contribution in [0, 0.1) is 0 Å². The molecule has 0 N–H and O–H groups in total. The van der Waals surface area contributed by atoms with Crippen LogP contribution in [0.15, 0.2) is 41.6 Å². The van der Waals surface area contributed by atoms with E-state index in [0.717, 1.165) is 24.3 Å². The van der Waals surface area contributed by atoms with E-state index in [9.17, 15) is 4.79 Å². The molecule has 30 heavy (non-hydrogen) atoms. The van der Waals surface area contributed by atoms with Crippen molar-refractivity contribution in [3.05, 3.63) is 69.0 Å². The number of aryl methyl sites for hydroxylation is 2. The van der Waals surface area contributed by atoms with Crippen LogP contribution >= 0.6 is 35.0 Å². The summed E-state index contributed by atoms with van der Waals surface area (Å²) in [6, 6.07) is 11.1. The predicted molar refractivity (Wildman–Crippen MR) is 117 cm³/mol. The molecule has 6 nitrogen and oxygen atoms in total. The van der Waals surface area contributed by atoms with Gasteiger partial charge in [-0.3, -0.25) is 4.79 Å². The van der Waals surface area contributed by atoms with Crippen molar-refractivity contribution in [3.63, 3.8) is 0 Å². The molecule has 9 heteroatoms. The van der Waals surface area contributed by atoms with E-state index < -0.39 is 0 Å². The Hall–Kier alpha value is -2.22. The number of hydrogen-bond acceptors (Lipinski definition) is 5. The Balaban J connectivity index is 1.40. The summed E-state index contributed by atoms with van der Waals surface area (Å²) in [6.07, 6.45) is 3.42. The number of carbonyl (C=O) groups excluding carboxylic acids is 1. The molecule has 1 amide bonds. The van der Waals surface area contributed by atoms with Gasteiger partial charge in [0.25, 0.3) is 5.91 Å². The van der Waals surface area contributed by atoms with E-state index in [0.29, 0.717) is 33.1 Å². The number of hydrogen-bond donors (Lipinski definition) is 0. The summed E-state index contributed by atoms with van der Waals surface area (Å²) in [5.74, 6) is 1.86. The van der Waals surface area contributed by atoms with Gasteiger partial charge in [0.1, 0.15) is 12.4 Å². The van der Waals surface area contributed by atoms with Crippen LogP contribution in [0.5, 0.6) is 5.75 Å². The van der Waals surface area contributed by atoms with Gasteiger partial charge < -0.3 is 4.74 Å². The molecule has 5 rings (SSSR count). The van der Waals surface area contributed by atoms with Gasteiger partial charge in [-0.05, 0) is 60.7 Å². The fourth-order valence-electron chi connectivity index (χ4n) is 3.82. The first-order chi connectivity index (χ1) is 14.6. The largest absolute Gasteiger partial charge is 0.486 e. The van der Waals surface area contributed by atoms with Crippen LogP contribution in [0.25, 0.3) is 0 Å². The first kappa shape index (κ1) is 19.7. The molecule has 0 atom stereocenters. The van der Waals surface area contributed by atoms with E-state index in [-0.39, 0.29) is 12.5 Å². The first-order valence-corrected chi connectivity index (χ1v) is 11.4. The van der Waals surface area contributed by atoms with Crippen molar-refractivity contribution in [2.45, 2.75) is 31.0 Å². The Bertz CT molecular complexity index is 1130. The third kappa shape index (κ3) is 3.66. The zero-order valence-electron chi connectivity index (χ0n) is 16.0. The van der Waals surface area contributed by atoms with Gasteiger partial charge in [0, 0.05) is 10.8 Å². The Morgan fingerprint density at radius 3 is 2.83 bits per heavy atom. The van der Waals surface area contributed by atoms with Crippen molar-refractivity contribution in [2.75, 3.05) is 17.3 Å². The summed E-state index contributed by atoms with van der Waals surface area (Å²) in [7, 11) is 0. The van der Waals surface area contributed by atoms with Crippen molar-refractivity contribution in [1.82, 2.24) is 14.9 Å². The van der Waals surface area contributed by atoms with Gasteiger partial charge in [0.15, 0.2) is 5.82 Å². The number of halogens is 2. The molecular weight excluding hydrogens is 443 g/mol. The lowest BCUT2D eigenvalue weighted by molar-refractivity contribution is 0.0953. The van der Waals surface area contributed by atoms with Crippen molar-refractivity contribution in [3.8, 4) is 5.75 Å². The average Bonchev–Trinajstić information content (AvgIpc) is 3.38. The summed E-state index contributed by atoms with van der Waals surface area (Å²) in [4.78, 5) is 13.2. The molecule has 154 valence electrons. The van der Waals surface area contributed by atoms with Crippen molar-refractivity contribution in [1.29, 1.82) is 0 Å². The first-order valence-electron chi connectivity index (χ1n) is 9.69. The lowest BCUT2D eigenvalue weighted by atomic mass is 10.1. The SMILES string of the molecule is O=C(c1ccc(Cl)cc1Cl)N1CCSc2nnc(COc3ccc4c(c3)CCC4)n21. The van der Waals surface area contributed by atoms with Gasteiger partial charge in [-0.15, -0.1) is 10.2 Å². The summed E-state index contributed by atoms with van der Waals surface area (Å²) in [6.45, 7) is 0.726. The van der Waals surface area contributed by atoms with Crippen LogP contribution in [0.1, 0.15) is 33.7 Å². The Kier molecular flexibility index (Phi) is 5.35. The minimum Gasteiger partial charge on any atom is -0.486 e. The standard InChI is InChI=1S/C21H18Cl2N4O2S/c22-15-5-7-17(18(23)11-15)20(28)26-8-9-30-21-25-24-19(27(21)26)12-29-16-6-4-13-2-1-3-14(13)10-16/h4-7,10-11H,1-3,8-9,12H2. The quantitative estimate of drug-likeness (QED) is 0.571. The number of amides is 1. The van der Waals surface area contributed by atoms with Crippen LogP contribution in [0.4, 0.5) is 0 Å². The molecule has 2 heterocycles. The van der Waals surface area contributed by atoms with Gasteiger partial charge in [-0.25, -0.2) is 9.69 Å². The second kappa shape index (κ2) is 8.13. The second-order valence-electron chi connectivity index (χ2n) is 7.18. The summed E-state index contributed by atoms with van der Waals surface area (Å²) in [5, 5.41) is 11.6. The van der Waals surface area contributed by atoms with Gasteiger partial charge in [-0.2, -0.15) is 0 Å². The molecule has 2 aliphatic rings. The summed E-state index contributed by atoms with van der Waals surface area (Å²) in [5.41, 5.74) is 3.13. The molecule has 0 saturated heterocycles. The molecule has 0 radical (unpaired) electrons. The molecule has 0 spiro atoms. The molecule has 1 aromatic heterocycles. The molecule has 1 aliphatic carbocycles. The second-order valence-corrected chi connectivity index (χ2v) is 9.09. The van der Waals surface area contributed by atoms with Crippen molar-refractivity contribution < 1.29 is 9.53 Å². The third-order valence-corrected chi connectivity index (χ3v) is 6.73. The number of nitrogens with zero attached hydrogens (tertiary/aromatic N) is 4. The fraction of sp³-hybridized carbons (Fsp3) is 0.286. The van der Waals surface area contributed by atoms with Gasteiger partial charge >= 0.3 is 0 Å². The Labute approximate surface area is 188 Å². The van der Waals surface area contributed by atoms with E-state index in [1.165, 1.54) is 17.5 Å². The average molecular weight is 461 g/mol. The molecule has 0 fully saturated rings. The van der Waals surface area contributed by atoms with Crippen LogP contribution in [-0.4, -0.2) is 33.1 Å². The minimum absolute atomic E-state index is 0.213.